The molecule has 5 nitrogen and oxygen atoms in total. The van der Waals surface area contributed by atoms with Gasteiger partial charge >= 0.3 is 5.97 Å². The van der Waals surface area contributed by atoms with Crippen LogP contribution in [0.4, 0.5) is 0 Å². The number of aromatic nitrogens is 2. The molecular formula is C12H14N2O3. The van der Waals surface area contributed by atoms with Gasteiger partial charge in [0.2, 0.25) is 0 Å². The lowest BCUT2D eigenvalue weighted by atomic mass is 10.1. The van der Waals surface area contributed by atoms with Crippen LogP contribution in [0, 0.1) is 0 Å². The van der Waals surface area contributed by atoms with E-state index in [1.54, 1.807) is 22.9 Å². The fourth-order valence-corrected chi connectivity index (χ4v) is 1.90. The number of H-pyrrole nitrogens is 1. The second kappa shape index (κ2) is 4.08. The van der Waals surface area contributed by atoms with E-state index in [4.69, 9.17) is 5.11 Å². The van der Waals surface area contributed by atoms with E-state index in [0.717, 1.165) is 5.52 Å². The standard InChI is InChI=1S/C12H14N2O3/c1-7(2)14-10-4-3-8(6-11(15)16)5-9(10)12(17)13-14/h3-5,7H,6H2,1-2H3,(H,13,17)(H,15,16). The Morgan fingerprint density at radius 2 is 2.18 bits per heavy atom. The summed E-state index contributed by atoms with van der Waals surface area (Å²) in [5, 5.41) is 12.0. The summed E-state index contributed by atoms with van der Waals surface area (Å²) in [7, 11) is 0. The highest BCUT2D eigenvalue weighted by atomic mass is 16.4. The quantitative estimate of drug-likeness (QED) is 0.845. The molecule has 0 bridgehead atoms. The highest BCUT2D eigenvalue weighted by molar-refractivity contribution is 5.81. The number of fused-ring (bicyclic) bond motifs is 1. The van der Waals surface area contributed by atoms with Crippen molar-refractivity contribution in [3.8, 4) is 0 Å². The van der Waals surface area contributed by atoms with Crippen LogP contribution in [0.15, 0.2) is 23.0 Å². The first kappa shape index (κ1) is 11.4. The van der Waals surface area contributed by atoms with Gasteiger partial charge in [-0.15, -0.1) is 0 Å². The predicted octanol–water partition coefficient (Wildman–Crippen LogP) is 1.54. The van der Waals surface area contributed by atoms with Crippen LogP contribution in [-0.4, -0.2) is 20.9 Å². The summed E-state index contributed by atoms with van der Waals surface area (Å²) in [6, 6.07) is 5.32. The van der Waals surface area contributed by atoms with Gasteiger partial charge in [-0.2, -0.15) is 0 Å². The van der Waals surface area contributed by atoms with E-state index in [2.05, 4.69) is 5.10 Å². The van der Waals surface area contributed by atoms with E-state index in [9.17, 15) is 9.59 Å². The number of aliphatic carboxylic acids is 1. The van der Waals surface area contributed by atoms with Crippen molar-refractivity contribution < 1.29 is 9.90 Å². The highest BCUT2D eigenvalue weighted by Crippen LogP contribution is 2.16. The second-order valence-electron chi connectivity index (χ2n) is 4.33. The molecule has 0 radical (unpaired) electrons. The fraction of sp³-hybridized carbons (Fsp3) is 0.333. The number of carboxylic acids is 1. The molecule has 0 fully saturated rings. The number of benzene rings is 1. The van der Waals surface area contributed by atoms with Gasteiger partial charge < -0.3 is 5.11 Å². The van der Waals surface area contributed by atoms with E-state index in [1.807, 2.05) is 13.8 Å². The van der Waals surface area contributed by atoms with E-state index < -0.39 is 5.97 Å². The van der Waals surface area contributed by atoms with Gasteiger partial charge in [0.15, 0.2) is 0 Å². The molecule has 1 aromatic heterocycles. The van der Waals surface area contributed by atoms with Gasteiger partial charge in [0.1, 0.15) is 0 Å². The van der Waals surface area contributed by atoms with E-state index in [1.165, 1.54) is 0 Å². The van der Waals surface area contributed by atoms with Crippen LogP contribution in [0.2, 0.25) is 0 Å². The average Bonchev–Trinajstić information content (AvgIpc) is 2.55. The first-order chi connectivity index (χ1) is 7.99. The van der Waals surface area contributed by atoms with E-state index in [-0.39, 0.29) is 18.0 Å². The topological polar surface area (TPSA) is 75.1 Å². The van der Waals surface area contributed by atoms with Crippen LogP contribution in [0.25, 0.3) is 10.9 Å². The van der Waals surface area contributed by atoms with Crippen molar-refractivity contribution >= 4 is 16.9 Å². The Kier molecular flexibility index (Phi) is 2.75. The first-order valence-electron chi connectivity index (χ1n) is 5.44. The van der Waals surface area contributed by atoms with Crippen molar-refractivity contribution in [1.82, 2.24) is 9.78 Å². The minimum absolute atomic E-state index is 0.0672. The SMILES string of the molecule is CC(C)n1[nH]c(=O)c2cc(CC(=O)O)ccc21. The predicted molar refractivity (Wildman–Crippen MR) is 64.3 cm³/mol. The van der Waals surface area contributed by atoms with Crippen LogP contribution in [0.5, 0.6) is 0 Å². The number of carbonyl (C=O) groups is 1. The summed E-state index contributed by atoms with van der Waals surface area (Å²) in [6.45, 7) is 3.95. The number of nitrogens with zero attached hydrogens (tertiary/aromatic N) is 1. The Morgan fingerprint density at radius 1 is 1.47 bits per heavy atom. The molecule has 17 heavy (non-hydrogen) atoms. The van der Waals surface area contributed by atoms with Crippen molar-refractivity contribution in [2.75, 3.05) is 0 Å². The Balaban J connectivity index is 2.59. The minimum Gasteiger partial charge on any atom is -0.481 e. The zero-order valence-corrected chi connectivity index (χ0v) is 9.73. The van der Waals surface area contributed by atoms with Gasteiger partial charge in [-0.25, -0.2) is 0 Å². The molecule has 0 aliphatic carbocycles. The normalized spacial score (nSPS) is 11.2. The molecule has 2 rings (SSSR count). The lowest BCUT2D eigenvalue weighted by Gasteiger charge is -2.07. The number of hydrogen-bond acceptors (Lipinski definition) is 2. The third-order valence-corrected chi connectivity index (χ3v) is 2.66. The second-order valence-corrected chi connectivity index (χ2v) is 4.33. The van der Waals surface area contributed by atoms with Gasteiger partial charge in [0, 0.05) is 6.04 Å². The number of hydrogen-bond donors (Lipinski definition) is 2. The maximum absolute atomic E-state index is 11.7. The summed E-state index contributed by atoms with van der Waals surface area (Å²) in [4.78, 5) is 22.3. The largest absolute Gasteiger partial charge is 0.481 e. The molecule has 5 heteroatoms. The van der Waals surface area contributed by atoms with Gasteiger partial charge in [-0.05, 0) is 31.5 Å². The van der Waals surface area contributed by atoms with Crippen LogP contribution in [0.3, 0.4) is 0 Å². The van der Waals surface area contributed by atoms with E-state index in [0.29, 0.717) is 10.9 Å². The van der Waals surface area contributed by atoms with Gasteiger partial charge in [-0.3, -0.25) is 19.4 Å². The van der Waals surface area contributed by atoms with E-state index >= 15 is 0 Å². The molecule has 0 aliphatic rings. The molecule has 1 heterocycles. The van der Waals surface area contributed by atoms with Crippen molar-refractivity contribution in [3.05, 3.63) is 34.1 Å². The van der Waals surface area contributed by atoms with Crippen LogP contribution >= 0.6 is 0 Å². The summed E-state index contributed by atoms with van der Waals surface area (Å²) in [6.07, 6.45) is -0.0672. The van der Waals surface area contributed by atoms with Gasteiger partial charge in [-0.1, -0.05) is 6.07 Å². The number of nitrogens with one attached hydrogen (secondary N) is 1. The summed E-state index contributed by atoms with van der Waals surface area (Å²) in [5.41, 5.74) is 1.26. The molecule has 0 amide bonds. The molecule has 2 N–H and O–H groups in total. The fourth-order valence-electron chi connectivity index (χ4n) is 1.90. The Bertz CT molecular complexity index is 622. The summed E-state index contributed by atoms with van der Waals surface area (Å²) < 4.78 is 1.78. The molecule has 0 unspecified atom stereocenters. The number of aromatic amines is 1. The lowest BCUT2D eigenvalue weighted by Crippen LogP contribution is -2.07. The molecule has 2 aromatic rings. The zero-order valence-electron chi connectivity index (χ0n) is 9.73. The molecule has 0 saturated heterocycles. The summed E-state index contributed by atoms with van der Waals surface area (Å²) >= 11 is 0. The molecule has 1 aromatic carbocycles. The molecule has 0 atom stereocenters. The van der Waals surface area contributed by atoms with Crippen molar-refractivity contribution in [1.29, 1.82) is 0 Å². The molecule has 0 aliphatic heterocycles. The third-order valence-electron chi connectivity index (χ3n) is 2.66. The van der Waals surface area contributed by atoms with Crippen LogP contribution < -0.4 is 5.56 Å². The van der Waals surface area contributed by atoms with Crippen molar-refractivity contribution in [3.63, 3.8) is 0 Å². The van der Waals surface area contributed by atoms with Crippen molar-refractivity contribution in [2.45, 2.75) is 26.3 Å². The van der Waals surface area contributed by atoms with Gasteiger partial charge in [0.25, 0.3) is 5.56 Å². The zero-order chi connectivity index (χ0) is 12.6. The highest BCUT2D eigenvalue weighted by Gasteiger charge is 2.10. The monoisotopic (exact) mass is 234 g/mol. The van der Waals surface area contributed by atoms with Gasteiger partial charge in [0.05, 0.1) is 17.3 Å². The average molecular weight is 234 g/mol. The first-order valence-corrected chi connectivity index (χ1v) is 5.44. The third kappa shape index (κ3) is 2.08. The minimum atomic E-state index is -0.899. The van der Waals surface area contributed by atoms with Crippen LogP contribution in [0.1, 0.15) is 25.5 Å². The number of rotatable bonds is 3. The Hall–Kier alpha value is -2.04. The maximum Gasteiger partial charge on any atom is 0.307 e. The van der Waals surface area contributed by atoms with Crippen LogP contribution in [-0.2, 0) is 11.2 Å². The molecule has 90 valence electrons. The molecular weight excluding hydrogens is 220 g/mol. The Labute approximate surface area is 97.7 Å². The lowest BCUT2D eigenvalue weighted by molar-refractivity contribution is -0.136. The van der Waals surface area contributed by atoms with Crippen molar-refractivity contribution in [2.24, 2.45) is 0 Å². The Morgan fingerprint density at radius 3 is 2.76 bits per heavy atom. The smallest absolute Gasteiger partial charge is 0.307 e. The molecule has 0 spiro atoms. The maximum atomic E-state index is 11.7. The molecule has 0 saturated carbocycles. The number of carboxylic acid groups (broad SMARTS) is 1. The summed E-state index contributed by atoms with van der Waals surface area (Å²) in [5.74, 6) is -0.899.